The number of piperidine rings is 1. The number of pyridine rings is 2. The first-order valence-electron chi connectivity index (χ1n) is 13.3. The van der Waals surface area contributed by atoms with Crippen LogP contribution in [0.5, 0.6) is 0 Å². The molecule has 18 heteroatoms. The summed E-state index contributed by atoms with van der Waals surface area (Å²) in [5.74, 6) is -5.51. The fourth-order valence-corrected chi connectivity index (χ4v) is 4.33. The van der Waals surface area contributed by atoms with Gasteiger partial charge in [-0.25, -0.2) is 17.9 Å². The first-order valence-corrected chi connectivity index (χ1v) is 13.3. The summed E-state index contributed by atoms with van der Waals surface area (Å²) in [4.78, 5) is 42.2. The summed E-state index contributed by atoms with van der Waals surface area (Å²) in [5.41, 5.74) is -2.70. The maximum absolute atomic E-state index is 14.6. The molecule has 3 aromatic rings. The molecule has 1 saturated heterocycles. The lowest BCUT2D eigenvalue weighted by Gasteiger charge is -2.31. The molecular formula is C26H27F7N8O3. The SMILES string of the molecule is O=C(CN1CCC(F)(F)CC1)Nc1ccn(CCC(F)Cn2cc(C(=O)NCc3cc(C(F)(F)F)ccn3)nn2)c(=O)c1F. The van der Waals surface area contributed by atoms with E-state index < -0.39 is 65.6 Å². The number of rotatable bonds is 11. The molecule has 3 aromatic heterocycles. The molecule has 1 unspecified atom stereocenters. The number of halogens is 7. The van der Waals surface area contributed by atoms with Gasteiger partial charge in [0, 0.05) is 44.9 Å². The van der Waals surface area contributed by atoms with Gasteiger partial charge in [-0.2, -0.15) is 17.6 Å². The Balaban J connectivity index is 1.24. The molecule has 0 spiro atoms. The quantitative estimate of drug-likeness (QED) is 0.311. The number of hydrogen-bond acceptors (Lipinski definition) is 7. The Morgan fingerprint density at radius 3 is 2.57 bits per heavy atom. The van der Waals surface area contributed by atoms with E-state index in [4.69, 9.17) is 0 Å². The van der Waals surface area contributed by atoms with Crippen molar-refractivity contribution in [3.05, 3.63) is 69.9 Å². The number of aryl methyl sites for hydroxylation is 1. The Hall–Kier alpha value is -4.35. The van der Waals surface area contributed by atoms with Gasteiger partial charge >= 0.3 is 6.18 Å². The molecule has 1 aliphatic rings. The minimum Gasteiger partial charge on any atom is -0.345 e. The van der Waals surface area contributed by atoms with Crippen molar-refractivity contribution in [3.8, 4) is 0 Å². The second-order valence-electron chi connectivity index (χ2n) is 10.2. The second-order valence-corrected chi connectivity index (χ2v) is 10.2. The summed E-state index contributed by atoms with van der Waals surface area (Å²) in [6.07, 6.45) is -3.95. The van der Waals surface area contributed by atoms with Crippen LogP contribution in [0.25, 0.3) is 0 Å². The molecule has 0 radical (unpaired) electrons. The zero-order valence-electron chi connectivity index (χ0n) is 23.0. The molecule has 44 heavy (non-hydrogen) atoms. The number of anilines is 1. The van der Waals surface area contributed by atoms with Gasteiger partial charge in [0.1, 0.15) is 6.17 Å². The van der Waals surface area contributed by atoms with Crippen molar-refractivity contribution in [2.75, 3.05) is 25.0 Å². The van der Waals surface area contributed by atoms with E-state index in [0.717, 1.165) is 39.8 Å². The van der Waals surface area contributed by atoms with Gasteiger partial charge in [0.25, 0.3) is 17.4 Å². The van der Waals surface area contributed by atoms with Gasteiger partial charge < -0.3 is 15.2 Å². The number of nitrogens with one attached hydrogen (secondary N) is 2. The summed E-state index contributed by atoms with van der Waals surface area (Å²) in [5, 5.41) is 11.9. The molecule has 11 nitrogen and oxygen atoms in total. The highest BCUT2D eigenvalue weighted by Crippen LogP contribution is 2.29. The zero-order chi connectivity index (χ0) is 32.1. The summed E-state index contributed by atoms with van der Waals surface area (Å²) in [6, 6.07) is 2.71. The van der Waals surface area contributed by atoms with Crippen molar-refractivity contribution in [2.24, 2.45) is 0 Å². The van der Waals surface area contributed by atoms with Gasteiger partial charge in [0.15, 0.2) is 5.69 Å². The van der Waals surface area contributed by atoms with Crippen LogP contribution in [0.1, 0.15) is 41.0 Å². The van der Waals surface area contributed by atoms with Crippen molar-refractivity contribution in [1.29, 1.82) is 0 Å². The lowest BCUT2D eigenvalue weighted by molar-refractivity contribution is -0.137. The molecule has 0 aromatic carbocycles. The molecule has 0 aliphatic carbocycles. The molecule has 0 saturated carbocycles. The molecule has 2 amide bonds. The summed E-state index contributed by atoms with van der Waals surface area (Å²) < 4.78 is 96.3. The van der Waals surface area contributed by atoms with Gasteiger partial charge in [-0.3, -0.25) is 24.3 Å². The number of aromatic nitrogens is 5. The van der Waals surface area contributed by atoms with Gasteiger partial charge in [-0.1, -0.05) is 5.21 Å². The Morgan fingerprint density at radius 1 is 1.14 bits per heavy atom. The highest BCUT2D eigenvalue weighted by Gasteiger charge is 2.34. The van der Waals surface area contributed by atoms with Gasteiger partial charge in [-0.05, 0) is 24.6 Å². The van der Waals surface area contributed by atoms with E-state index in [2.05, 4.69) is 25.9 Å². The van der Waals surface area contributed by atoms with E-state index in [9.17, 15) is 45.1 Å². The summed E-state index contributed by atoms with van der Waals surface area (Å²) in [7, 11) is 0. The first kappa shape index (κ1) is 32.6. The molecule has 1 fully saturated rings. The predicted molar refractivity (Wildman–Crippen MR) is 140 cm³/mol. The van der Waals surface area contributed by atoms with E-state index in [-0.39, 0.29) is 57.1 Å². The van der Waals surface area contributed by atoms with Crippen LogP contribution >= 0.6 is 0 Å². The Morgan fingerprint density at radius 2 is 1.86 bits per heavy atom. The second kappa shape index (κ2) is 13.5. The van der Waals surface area contributed by atoms with Crippen molar-refractivity contribution in [3.63, 3.8) is 0 Å². The number of carbonyl (C=O) groups excluding carboxylic acids is 2. The van der Waals surface area contributed by atoms with Crippen LogP contribution in [0.2, 0.25) is 0 Å². The molecule has 2 N–H and O–H groups in total. The third-order valence-electron chi connectivity index (χ3n) is 6.75. The molecule has 1 atom stereocenters. The Bertz CT molecular complexity index is 1530. The van der Waals surface area contributed by atoms with Crippen LogP contribution in [0.15, 0.2) is 41.6 Å². The highest BCUT2D eigenvalue weighted by atomic mass is 19.4. The van der Waals surface area contributed by atoms with Gasteiger partial charge in [0.05, 0.1) is 42.8 Å². The zero-order valence-corrected chi connectivity index (χ0v) is 23.0. The van der Waals surface area contributed by atoms with Crippen LogP contribution in [-0.4, -0.2) is 73.0 Å². The molecule has 238 valence electrons. The third kappa shape index (κ3) is 8.84. The minimum atomic E-state index is -4.57. The van der Waals surface area contributed by atoms with Crippen molar-refractivity contribution < 1.29 is 40.3 Å². The topological polar surface area (TPSA) is 127 Å². The summed E-state index contributed by atoms with van der Waals surface area (Å²) in [6.45, 7) is -1.18. The maximum atomic E-state index is 14.6. The van der Waals surface area contributed by atoms with E-state index in [1.807, 2.05) is 0 Å². The van der Waals surface area contributed by atoms with Crippen molar-refractivity contribution in [2.45, 2.75) is 57.2 Å². The monoisotopic (exact) mass is 632 g/mol. The normalized spacial score (nSPS) is 16.0. The standard InChI is InChI=1S/C26H27F7N8O3/c27-17(13-41-14-20(37-38-41)23(43)35-12-18-11-16(1-6-34-18)26(31,32)33)2-7-40-8-3-19(22(28)24(40)44)36-21(42)15-39-9-4-25(29,30)5-10-39/h1,3,6,8,11,14,17H,2,4-5,7,9-10,12-13,15H2,(H,35,43)(H,36,42). The number of likely N-dealkylation sites (tertiary alicyclic amines) is 1. The fraction of sp³-hybridized carbons (Fsp3) is 0.462. The largest absolute Gasteiger partial charge is 0.416 e. The van der Waals surface area contributed by atoms with Crippen LogP contribution < -0.4 is 16.2 Å². The average molecular weight is 633 g/mol. The van der Waals surface area contributed by atoms with E-state index >= 15 is 0 Å². The molecule has 0 bridgehead atoms. The lowest BCUT2D eigenvalue weighted by Crippen LogP contribution is -2.43. The molecule has 4 heterocycles. The average Bonchev–Trinajstić information content (AvgIpc) is 3.43. The van der Waals surface area contributed by atoms with Gasteiger partial charge in [0.2, 0.25) is 11.7 Å². The van der Waals surface area contributed by atoms with Gasteiger partial charge in [-0.15, -0.1) is 5.10 Å². The molecule has 1 aliphatic heterocycles. The number of amides is 2. The Kier molecular flexibility index (Phi) is 10.0. The number of hydrogen-bond donors (Lipinski definition) is 2. The fourth-order valence-electron chi connectivity index (χ4n) is 4.33. The number of nitrogens with zero attached hydrogens (tertiary/aromatic N) is 6. The predicted octanol–water partition coefficient (Wildman–Crippen LogP) is 3.02. The first-order chi connectivity index (χ1) is 20.7. The van der Waals surface area contributed by atoms with Crippen LogP contribution in [0.4, 0.5) is 36.4 Å². The molecule has 4 rings (SSSR count). The van der Waals surface area contributed by atoms with Crippen LogP contribution in [0.3, 0.4) is 0 Å². The van der Waals surface area contributed by atoms with Crippen molar-refractivity contribution >= 4 is 17.5 Å². The highest BCUT2D eigenvalue weighted by molar-refractivity contribution is 5.92. The smallest absolute Gasteiger partial charge is 0.345 e. The molecular weight excluding hydrogens is 605 g/mol. The summed E-state index contributed by atoms with van der Waals surface area (Å²) >= 11 is 0. The number of carbonyl (C=O) groups is 2. The van der Waals surface area contributed by atoms with E-state index in [1.54, 1.807) is 0 Å². The van der Waals surface area contributed by atoms with Crippen molar-refractivity contribution in [1.82, 2.24) is 34.8 Å². The maximum Gasteiger partial charge on any atom is 0.416 e. The third-order valence-corrected chi connectivity index (χ3v) is 6.75. The van der Waals surface area contributed by atoms with E-state index in [1.165, 1.54) is 11.1 Å². The lowest BCUT2D eigenvalue weighted by atomic mass is 10.1. The minimum absolute atomic E-state index is 0.000976. The number of alkyl halides is 6. The Labute approximate surface area is 245 Å². The van der Waals surface area contributed by atoms with E-state index in [0.29, 0.717) is 0 Å². The van der Waals surface area contributed by atoms with Crippen LogP contribution in [0, 0.1) is 5.82 Å². The van der Waals surface area contributed by atoms with Crippen LogP contribution in [-0.2, 0) is 30.6 Å².